The third-order valence-electron chi connectivity index (χ3n) is 3.58. The van der Waals surface area contributed by atoms with Crippen molar-refractivity contribution in [3.05, 3.63) is 29.8 Å². The molecule has 0 aliphatic rings. The Labute approximate surface area is 154 Å². The minimum atomic E-state index is -1.64. The number of halogens is 3. The Balaban J connectivity index is 2.55. The summed E-state index contributed by atoms with van der Waals surface area (Å²) in [6.45, 7) is 4.11. The highest BCUT2D eigenvalue weighted by Crippen LogP contribution is 2.31. The van der Waals surface area contributed by atoms with E-state index in [0.717, 1.165) is 30.5 Å². The fraction of sp³-hybridized carbons (Fsp3) is 0.588. The highest BCUT2D eigenvalue weighted by atomic mass is 35.6. The van der Waals surface area contributed by atoms with Gasteiger partial charge in [0.05, 0.1) is 0 Å². The topological polar surface area (TPSA) is 41.1 Å². The van der Waals surface area contributed by atoms with Gasteiger partial charge in [-0.25, -0.2) is 0 Å². The predicted octanol–water partition coefficient (Wildman–Crippen LogP) is 5.58. The van der Waals surface area contributed by atoms with Gasteiger partial charge < -0.3 is 10.6 Å². The van der Waals surface area contributed by atoms with Crippen LogP contribution < -0.4 is 10.6 Å². The van der Waals surface area contributed by atoms with Crippen molar-refractivity contribution in [1.82, 2.24) is 5.32 Å². The summed E-state index contributed by atoms with van der Waals surface area (Å²) in [4.78, 5) is 12.1. The molecule has 1 aromatic carbocycles. The number of aryl methyl sites for hydroxylation is 1. The highest BCUT2D eigenvalue weighted by Gasteiger charge is 2.34. The van der Waals surface area contributed by atoms with E-state index in [0.29, 0.717) is 6.42 Å². The molecule has 0 radical (unpaired) electrons. The van der Waals surface area contributed by atoms with Crippen molar-refractivity contribution in [2.75, 3.05) is 5.32 Å². The Hall–Kier alpha value is -0.640. The molecule has 1 aromatic rings. The van der Waals surface area contributed by atoms with E-state index in [1.165, 1.54) is 12.8 Å². The smallest absolute Gasteiger partial charge is 0.228 e. The summed E-state index contributed by atoms with van der Waals surface area (Å²) >= 11 is 18.0. The van der Waals surface area contributed by atoms with Crippen LogP contribution in [-0.4, -0.2) is 15.9 Å². The van der Waals surface area contributed by atoms with E-state index in [-0.39, 0.29) is 5.91 Å². The zero-order chi connectivity index (χ0) is 17.3. The highest BCUT2D eigenvalue weighted by molar-refractivity contribution is 6.68. The summed E-state index contributed by atoms with van der Waals surface area (Å²) in [6.07, 6.45) is 5.09. The number of para-hydroxylation sites is 1. The Bertz CT molecular complexity index is 489. The van der Waals surface area contributed by atoms with E-state index >= 15 is 0 Å². The maximum absolute atomic E-state index is 12.1. The van der Waals surface area contributed by atoms with Crippen LogP contribution in [0, 0.1) is 6.92 Å². The largest absolute Gasteiger partial charge is 0.362 e. The molecular weight excluding hydrogens is 355 g/mol. The molecule has 0 saturated carbocycles. The van der Waals surface area contributed by atoms with E-state index in [1.807, 2.05) is 31.2 Å². The second-order valence-corrected chi connectivity index (χ2v) is 8.03. The third-order valence-corrected chi connectivity index (χ3v) is 4.24. The van der Waals surface area contributed by atoms with E-state index in [9.17, 15) is 4.79 Å². The summed E-state index contributed by atoms with van der Waals surface area (Å²) in [5.74, 6) is -0.112. The Morgan fingerprint density at radius 3 is 2.39 bits per heavy atom. The van der Waals surface area contributed by atoms with Crippen LogP contribution in [0.4, 0.5) is 5.69 Å². The first-order chi connectivity index (χ1) is 10.8. The van der Waals surface area contributed by atoms with Crippen molar-refractivity contribution in [2.24, 2.45) is 0 Å². The van der Waals surface area contributed by atoms with Gasteiger partial charge in [-0.1, -0.05) is 85.6 Å². The number of hydrogen-bond acceptors (Lipinski definition) is 2. The quantitative estimate of drug-likeness (QED) is 0.334. The van der Waals surface area contributed by atoms with Gasteiger partial charge >= 0.3 is 0 Å². The number of amides is 1. The van der Waals surface area contributed by atoms with Gasteiger partial charge in [-0.05, 0) is 25.0 Å². The molecule has 0 saturated heterocycles. The van der Waals surface area contributed by atoms with Crippen LogP contribution in [0.25, 0.3) is 0 Å². The molecule has 0 heterocycles. The van der Waals surface area contributed by atoms with Gasteiger partial charge in [0.25, 0.3) is 0 Å². The Morgan fingerprint density at radius 1 is 1.13 bits per heavy atom. The second kappa shape index (κ2) is 10.3. The summed E-state index contributed by atoms with van der Waals surface area (Å²) in [5.41, 5.74) is 1.84. The van der Waals surface area contributed by atoms with Crippen LogP contribution in [0.5, 0.6) is 0 Å². The zero-order valence-electron chi connectivity index (χ0n) is 13.7. The molecule has 0 aliphatic carbocycles. The van der Waals surface area contributed by atoms with E-state index in [4.69, 9.17) is 34.8 Å². The number of unbranched alkanes of at least 4 members (excludes halogenated alkanes) is 4. The summed E-state index contributed by atoms with van der Waals surface area (Å²) in [5, 5.41) is 5.88. The maximum atomic E-state index is 12.1. The number of benzene rings is 1. The van der Waals surface area contributed by atoms with E-state index in [1.54, 1.807) is 0 Å². The molecule has 1 amide bonds. The van der Waals surface area contributed by atoms with Crippen LogP contribution in [-0.2, 0) is 4.79 Å². The normalized spacial score (nSPS) is 12.7. The monoisotopic (exact) mass is 378 g/mol. The molecule has 1 rings (SSSR count). The molecule has 2 N–H and O–H groups in total. The molecule has 3 nitrogen and oxygen atoms in total. The van der Waals surface area contributed by atoms with Crippen LogP contribution in [0.3, 0.4) is 0 Å². The maximum Gasteiger partial charge on any atom is 0.228 e. The molecule has 0 spiro atoms. The molecular formula is C17H25Cl3N2O. The van der Waals surface area contributed by atoms with Crippen LogP contribution in [0.1, 0.15) is 51.0 Å². The number of anilines is 1. The van der Waals surface area contributed by atoms with Crippen LogP contribution in [0.2, 0.25) is 0 Å². The van der Waals surface area contributed by atoms with Gasteiger partial charge in [-0.2, -0.15) is 0 Å². The molecule has 130 valence electrons. The van der Waals surface area contributed by atoms with Crippen molar-refractivity contribution in [3.63, 3.8) is 0 Å². The SMILES string of the molecule is CCCCCCCC(=O)N[C@@H](Nc1ccccc1C)C(Cl)(Cl)Cl. The summed E-state index contributed by atoms with van der Waals surface area (Å²) < 4.78 is -1.64. The van der Waals surface area contributed by atoms with Crippen LogP contribution >= 0.6 is 34.8 Å². The number of nitrogens with one attached hydrogen (secondary N) is 2. The number of hydrogen-bond donors (Lipinski definition) is 2. The van der Waals surface area contributed by atoms with Gasteiger partial charge in [0.15, 0.2) is 0 Å². The number of carbonyl (C=O) groups excluding carboxylic acids is 1. The lowest BCUT2D eigenvalue weighted by molar-refractivity contribution is -0.121. The predicted molar refractivity (Wildman–Crippen MR) is 100 cm³/mol. The van der Waals surface area contributed by atoms with Crippen molar-refractivity contribution in [1.29, 1.82) is 0 Å². The third kappa shape index (κ3) is 8.14. The molecule has 6 heteroatoms. The minimum absolute atomic E-state index is 0.112. The first-order valence-corrected chi connectivity index (χ1v) is 9.16. The summed E-state index contributed by atoms with van der Waals surface area (Å²) in [6, 6.07) is 7.66. The number of carbonyl (C=O) groups is 1. The van der Waals surface area contributed by atoms with Gasteiger partial charge in [0.2, 0.25) is 9.70 Å². The lowest BCUT2D eigenvalue weighted by Crippen LogP contribution is -2.49. The van der Waals surface area contributed by atoms with Crippen molar-refractivity contribution in [2.45, 2.75) is 62.3 Å². The number of rotatable bonds is 9. The number of alkyl halides is 3. The van der Waals surface area contributed by atoms with Gasteiger partial charge in [-0.3, -0.25) is 4.79 Å². The molecule has 0 aliphatic heterocycles. The second-order valence-electron chi connectivity index (χ2n) is 5.67. The van der Waals surface area contributed by atoms with Crippen molar-refractivity contribution >= 4 is 46.4 Å². The van der Waals surface area contributed by atoms with Gasteiger partial charge in [0.1, 0.15) is 6.17 Å². The average Bonchev–Trinajstić information content (AvgIpc) is 2.47. The molecule has 0 aromatic heterocycles. The van der Waals surface area contributed by atoms with Gasteiger partial charge in [0, 0.05) is 12.1 Å². The zero-order valence-corrected chi connectivity index (χ0v) is 15.9. The molecule has 23 heavy (non-hydrogen) atoms. The standard InChI is InChI=1S/C17H25Cl3N2O/c1-3-4-5-6-7-12-15(23)22-16(17(18,19)20)21-14-11-9-8-10-13(14)2/h8-11,16,21H,3-7,12H2,1-2H3,(H,22,23)/t16-/m1/s1. The molecule has 0 fully saturated rings. The molecule has 0 unspecified atom stereocenters. The lowest BCUT2D eigenvalue weighted by atomic mass is 10.1. The fourth-order valence-corrected chi connectivity index (χ4v) is 2.54. The fourth-order valence-electron chi connectivity index (χ4n) is 2.21. The molecule has 0 bridgehead atoms. The first-order valence-electron chi connectivity index (χ1n) is 8.03. The average molecular weight is 380 g/mol. The van der Waals surface area contributed by atoms with E-state index in [2.05, 4.69) is 17.6 Å². The summed E-state index contributed by atoms with van der Waals surface area (Å²) in [7, 11) is 0. The van der Waals surface area contributed by atoms with Crippen molar-refractivity contribution < 1.29 is 4.79 Å². The minimum Gasteiger partial charge on any atom is -0.362 e. The first kappa shape index (κ1) is 20.4. The lowest BCUT2D eigenvalue weighted by Gasteiger charge is -2.28. The van der Waals surface area contributed by atoms with Crippen molar-refractivity contribution in [3.8, 4) is 0 Å². The Kier molecular flexibility index (Phi) is 9.11. The molecule has 1 atom stereocenters. The van der Waals surface area contributed by atoms with Gasteiger partial charge in [-0.15, -0.1) is 0 Å². The van der Waals surface area contributed by atoms with E-state index < -0.39 is 9.96 Å². The Morgan fingerprint density at radius 2 is 1.78 bits per heavy atom. The van der Waals surface area contributed by atoms with Crippen LogP contribution in [0.15, 0.2) is 24.3 Å².